The van der Waals surface area contributed by atoms with E-state index in [-0.39, 0.29) is 0 Å². The summed E-state index contributed by atoms with van der Waals surface area (Å²) in [5.74, 6) is 0. The van der Waals surface area contributed by atoms with Gasteiger partial charge in [-0.25, -0.2) is 0 Å². The van der Waals surface area contributed by atoms with Crippen molar-refractivity contribution in [3.8, 4) is 0 Å². The fourth-order valence-electron chi connectivity index (χ4n) is 1.75. The van der Waals surface area contributed by atoms with Crippen molar-refractivity contribution in [2.24, 2.45) is 5.73 Å². The molecule has 3 nitrogen and oxygen atoms in total. The van der Waals surface area contributed by atoms with Crippen LogP contribution in [0.5, 0.6) is 0 Å². The molecule has 1 atom stereocenters. The second-order valence-electron chi connectivity index (χ2n) is 4.65. The maximum atomic E-state index is 6.07. The molecule has 0 aromatic heterocycles. The van der Waals surface area contributed by atoms with Gasteiger partial charge in [0.25, 0.3) is 0 Å². The second-order valence-corrected chi connectivity index (χ2v) is 4.65. The van der Waals surface area contributed by atoms with Gasteiger partial charge in [-0.2, -0.15) is 0 Å². The Kier molecular flexibility index (Phi) is 9.06. The summed E-state index contributed by atoms with van der Waals surface area (Å²) < 4.78 is 0. The van der Waals surface area contributed by atoms with Crippen molar-refractivity contribution in [1.29, 1.82) is 0 Å². The van der Waals surface area contributed by atoms with Crippen molar-refractivity contribution in [3.63, 3.8) is 0 Å². The van der Waals surface area contributed by atoms with Crippen LogP contribution in [0.2, 0.25) is 0 Å². The first-order valence-electron chi connectivity index (χ1n) is 6.22. The minimum Gasteiger partial charge on any atom is -0.327 e. The van der Waals surface area contributed by atoms with E-state index in [1.807, 2.05) is 0 Å². The summed E-state index contributed by atoms with van der Waals surface area (Å²) in [6, 6.07) is 0.351. The minimum atomic E-state index is 0.351. The fraction of sp³-hybridized carbons (Fsp3) is 1.00. The molecule has 3 heteroatoms. The lowest BCUT2D eigenvalue weighted by atomic mass is 10.1. The van der Waals surface area contributed by atoms with E-state index in [1.54, 1.807) is 0 Å². The van der Waals surface area contributed by atoms with Crippen molar-refractivity contribution < 1.29 is 0 Å². The zero-order valence-corrected chi connectivity index (χ0v) is 11.0. The lowest BCUT2D eigenvalue weighted by molar-refractivity contribution is 0.225. The summed E-state index contributed by atoms with van der Waals surface area (Å²) in [7, 11) is 4.24. The molecule has 15 heavy (non-hydrogen) atoms. The molecule has 0 aromatic carbocycles. The van der Waals surface area contributed by atoms with Crippen molar-refractivity contribution >= 4 is 0 Å². The van der Waals surface area contributed by atoms with Crippen LogP contribution in [-0.4, -0.2) is 56.1 Å². The molecule has 0 spiro atoms. The summed E-state index contributed by atoms with van der Waals surface area (Å²) in [6.45, 7) is 8.91. The Bertz CT molecular complexity index is 137. The summed E-state index contributed by atoms with van der Waals surface area (Å²) in [5, 5.41) is 0. The molecular weight excluding hydrogens is 186 g/mol. The van der Waals surface area contributed by atoms with Crippen LogP contribution in [0.3, 0.4) is 0 Å². The molecule has 0 saturated heterocycles. The first-order valence-corrected chi connectivity index (χ1v) is 6.22. The average molecular weight is 215 g/mol. The molecule has 0 fully saturated rings. The van der Waals surface area contributed by atoms with E-state index in [0.717, 1.165) is 26.1 Å². The van der Waals surface area contributed by atoms with Crippen molar-refractivity contribution in [2.75, 3.05) is 40.3 Å². The largest absolute Gasteiger partial charge is 0.327 e. The van der Waals surface area contributed by atoms with Crippen molar-refractivity contribution in [1.82, 2.24) is 9.80 Å². The van der Waals surface area contributed by atoms with Gasteiger partial charge < -0.3 is 15.5 Å². The van der Waals surface area contributed by atoms with E-state index < -0.39 is 0 Å². The van der Waals surface area contributed by atoms with Gasteiger partial charge in [-0.3, -0.25) is 0 Å². The first-order chi connectivity index (χ1) is 7.10. The zero-order valence-electron chi connectivity index (χ0n) is 11.0. The van der Waals surface area contributed by atoms with Gasteiger partial charge in [0.1, 0.15) is 0 Å². The zero-order chi connectivity index (χ0) is 11.7. The molecule has 0 bridgehead atoms. The second kappa shape index (κ2) is 9.13. The Hall–Kier alpha value is -0.120. The lowest BCUT2D eigenvalue weighted by Crippen LogP contribution is -2.41. The molecule has 0 radical (unpaired) electrons. The number of hydrogen-bond acceptors (Lipinski definition) is 3. The van der Waals surface area contributed by atoms with E-state index in [1.165, 1.54) is 19.4 Å². The van der Waals surface area contributed by atoms with E-state index in [9.17, 15) is 0 Å². The first kappa shape index (κ1) is 14.9. The molecule has 92 valence electrons. The van der Waals surface area contributed by atoms with E-state index >= 15 is 0 Å². The third-order valence-electron chi connectivity index (χ3n) is 2.56. The van der Waals surface area contributed by atoms with Crippen LogP contribution in [0.25, 0.3) is 0 Å². The van der Waals surface area contributed by atoms with E-state index in [4.69, 9.17) is 5.73 Å². The number of nitrogens with two attached hydrogens (primary N) is 1. The molecule has 0 aliphatic heterocycles. The number of likely N-dealkylation sites (N-methyl/N-ethyl adjacent to an activating group) is 1. The standard InChI is InChI=1S/C12H29N3/c1-5-7-12(13)11-15(8-6-2)10-9-14(3)4/h12H,5-11,13H2,1-4H3. The van der Waals surface area contributed by atoms with Gasteiger partial charge in [0, 0.05) is 25.7 Å². The molecule has 0 amide bonds. The van der Waals surface area contributed by atoms with E-state index in [0.29, 0.717) is 6.04 Å². The number of hydrogen-bond donors (Lipinski definition) is 1. The number of nitrogens with zero attached hydrogens (tertiary/aromatic N) is 2. The van der Waals surface area contributed by atoms with Gasteiger partial charge in [0.2, 0.25) is 0 Å². The maximum Gasteiger partial charge on any atom is 0.0167 e. The molecule has 2 N–H and O–H groups in total. The highest BCUT2D eigenvalue weighted by molar-refractivity contribution is 4.68. The van der Waals surface area contributed by atoms with Gasteiger partial charge in [0.05, 0.1) is 0 Å². The SMILES string of the molecule is CCCC(N)CN(CCC)CCN(C)C. The normalized spacial score (nSPS) is 13.8. The molecule has 0 rings (SSSR count). The minimum absolute atomic E-state index is 0.351. The molecule has 0 saturated carbocycles. The summed E-state index contributed by atoms with van der Waals surface area (Å²) in [6.07, 6.45) is 3.54. The maximum absolute atomic E-state index is 6.07. The van der Waals surface area contributed by atoms with Crippen LogP contribution in [0.15, 0.2) is 0 Å². The summed E-state index contributed by atoms with van der Waals surface area (Å²) in [5.41, 5.74) is 6.07. The van der Waals surface area contributed by atoms with Crippen LogP contribution in [0.4, 0.5) is 0 Å². The molecule has 0 heterocycles. The Morgan fingerprint density at radius 3 is 2.13 bits per heavy atom. The van der Waals surface area contributed by atoms with Crippen LogP contribution in [0, 0.1) is 0 Å². The Labute approximate surface area is 95.6 Å². The highest BCUT2D eigenvalue weighted by Gasteiger charge is 2.09. The third kappa shape index (κ3) is 8.85. The molecule has 0 aliphatic carbocycles. The quantitative estimate of drug-likeness (QED) is 0.631. The smallest absolute Gasteiger partial charge is 0.0167 e. The predicted molar refractivity (Wildman–Crippen MR) is 68.2 cm³/mol. The summed E-state index contributed by atoms with van der Waals surface area (Å²) >= 11 is 0. The van der Waals surface area contributed by atoms with Crippen LogP contribution < -0.4 is 5.73 Å². The average Bonchev–Trinajstić information content (AvgIpc) is 2.15. The van der Waals surface area contributed by atoms with E-state index in [2.05, 4.69) is 37.7 Å². The molecule has 0 aromatic rings. The summed E-state index contributed by atoms with van der Waals surface area (Å²) in [4.78, 5) is 4.72. The Morgan fingerprint density at radius 1 is 1.00 bits per heavy atom. The van der Waals surface area contributed by atoms with Crippen molar-refractivity contribution in [2.45, 2.75) is 39.2 Å². The molecule has 0 aliphatic rings. The van der Waals surface area contributed by atoms with Crippen molar-refractivity contribution in [3.05, 3.63) is 0 Å². The Morgan fingerprint density at radius 2 is 1.67 bits per heavy atom. The highest BCUT2D eigenvalue weighted by atomic mass is 15.2. The monoisotopic (exact) mass is 215 g/mol. The van der Waals surface area contributed by atoms with Gasteiger partial charge in [-0.15, -0.1) is 0 Å². The highest BCUT2D eigenvalue weighted by Crippen LogP contribution is 1.99. The third-order valence-corrected chi connectivity index (χ3v) is 2.56. The number of rotatable bonds is 9. The molecular formula is C12H29N3. The molecule has 1 unspecified atom stereocenters. The van der Waals surface area contributed by atoms with Gasteiger partial charge in [-0.05, 0) is 33.5 Å². The van der Waals surface area contributed by atoms with Gasteiger partial charge >= 0.3 is 0 Å². The topological polar surface area (TPSA) is 32.5 Å². The predicted octanol–water partition coefficient (Wildman–Crippen LogP) is 1.39. The fourth-order valence-corrected chi connectivity index (χ4v) is 1.75. The van der Waals surface area contributed by atoms with Gasteiger partial charge in [-0.1, -0.05) is 20.3 Å². The lowest BCUT2D eigenvalue weighted by Gasteiger charge is -2.26. The van der Waals surface area contributed by atoms with Crippen LogP contribution >= 0.6 is 0 Å². The van der Waals surface area contributed by atoms with Crippen LogP contribution in [0.1, 0.15) is 33.1 Å². The van der Waals surface area contributed by atoms with Gasteiger partial charge in [0.15, 0.2) is 0 Å². The van der Waals surface area contributed by atoms with Crippen LogP contribution in [-0.2, 0) is 0 Å². The Balaban J connectivity index is 3.80.